The molecule has 14 heavy (non-hydrogen) atoms. The highest BCUT2D eigenvalue weighted by Crippen LogP contribution is 2.15. The molecule has 1 rings (SSSR count). The van der Waals surface area contributed by atoms with Crippen molar-refractivity contribution in [2.45, 2.75) is 39.7 Å². The first-order valence-corrected chi connectivity index (χ1v) is 5.17. The smallest absolute Gasteiger partial charge is 0.242 e. The molecule has 0 aliphatic carbocycles. The Morgan fingerprint density at radius 3 is 2.43 bits per heavy atom. The van der Waals surface area contributed by atoms with E-state index in [0.29, 0.717) is 12.0 Å². The Labute approximate surface area is 84.9 Å². The number of rotatable bonds is 5. The minimum Gasteiger partial charge on any atom is -0.350 e. The van der Waals surface area contributed by atoms with Gasteiger partial charge in [0.05, 0.1) is 0 Å². The van der Waals surface area contributed by atoms with Gasteiger partial charge in [-0.1, -0.05) is 31.8 Å². The second-order valence-electron chi connectivity index (χ2n) is 3.64. The maximum Gasteiger partial charge on any atom is 0.242 e. The van der Waals surface area contributed by atoms with E-state index in [1.807, 2.05) is 7.05 Å². The van der Waals surface area contributed by atoms with E-state index in [1.165, 1.54) is 12.8 Å². The summed E-state index contributed by atoms with van der Waals surface area (Å²) in [6, 6.07) is 0.412. The van der Waals surface area contributed by atoms with E-state index in [1.54, 1.807) is 4.68 Å². The van der Waals surface area contributed by atoms with Crippen LogP contribution < -0.4 is 5.32 Å². The highest BCUT2D eigenvalue weighted by Gasteiger charge is 2.15. The molecule has 0 radical (unpaired) electrons. The lowest BCUT2D eigenvalue weighted by molar-refractivity contribution is 0.434. The number of anilines is 1. The van der Waals surface area contributed by atoms with Crippen molar-refractivity contribution in [3.63, 3.8) is 0 Å². The molecule has 0 fully saturated rings. The molecule has 1 atom stereocenters. The van der Waals surface area contributed by atoms with Gasteiger partial charge in [-0.2, -0.15) is 0 Å². The monoisotopic (exact) mass is 197 g/mol. The van der Waals surface area contributed by atoms with Gasteiger partial charge < -0.3 is 5.32 Å². The third kappa shape index (κ3) is 2.43. The summed E-state index contributed by atoms with van der Waals surface area (Å²) in [6.45, 7) is 6.59. The van der Waals surface area contributed by atoms with Crippen LogP contribution in [-0.2, 0) is 7.05 Å². The van der Waals surface area contributed by atoms with Crippen LogP contribution in [0.25, 0.3) is 0 Å². The van der Waals surface area contributed by atoms with Crippen molar-refractivity contribution in [2.24, 2.45) is 13.0 Å². The summed E-state index contributed by atoms with van der Waals surface area (Å²) in [4.78, 5) is 0. The van der Waals surface area contributed by atoms with Gasteiger partial charge in [-0.3, -0.25) is 0 Å². The van der Waals surface area contributed by atoms with E-state index in [9.17, 15) is 0 Å². The van der Waals surface area contributed by atoms with Gasteiger partial charge in [0.2, 0.25) is 5.95 Å². The highest BCUT2D eigenvalue weighted by molar-refractivity contribution is 5.22. The first kappa shape index (κ1) is 10.9. The normalized spacial score (nSPS) is 13.2. The van der Waals surface area contributed by atoms with E-state index in [-0.39, 0.29) is 0 Å². The lowest BCUT2D eigenvalue weighted by atomic mass is 9.96. The molecule has 1 heterocycles. The minimum atomic E-state index is 0.412. The summed E-state index contributed by atoms with van der Waals surface area (Å²) < 4.78 is 1.65. The van der Waals surface area contributed by atoms with E-state index in [2.05, 4.69) is 41.6 Å². The number of nitrogens with one attached hydrogen (secondary N) is 1. The van der Waals surface area contributed by atoms with Crippen molar-refractivity contribution in [3.8, 4) is 0 Å². The molecule has 0 bridgehead atoms. The van der Waals surface area contributed by atoms with Crippen LogP contribution in [0.3, 0.4) is 0 Å². The molecule has 0 aromatic carbocycles. The van der Waals surface area contributed by atoms with Crippen LogP contribution in [0.15, 0.2) is 0 Å². The Balaban J connectivity index is 2.56. The zero-order valence-corrected chi connectivity index (χ0v) is 9.36. The standard InChI is InChI=1S/C9H19N5/c1-5-8(6-2)7(3)10-9-11-12-13-14(9)4/h7-8H,5-6H2,1-4H3,(H,10,11,13). The Bertz CT molecular complexity index is 266. The van der Waals surface area contributed by atoms with Gasteiger partial charge in [0.15, 0.2) is 0 Å². The van der Waals surface area contributed by atoms with Crippen molar-refractivity contribution >= 4 is 5.95 Å². The Morgan fingerprint density at radius 1 is 1.36 bits per heavy atom. The molecular formula is C9H19N5. The van der Waals surface area contributed by atoms with Crippen molar-refractivity contribution in [1.82, 2.24) is 20.2 Å². The SMILES string of the molecule is CCC(CC)C(C)Nc1nnnn1C. The molecule has 0 spiro atoms. The Hall–Kier alpha value is -1.13. The summed E-state index contributed by atoms with van der Waals surface area (Å²) in [5.41, 5.74) is 0. The van der Waals surface area contributed by atoms with E-state index in [0.717, 1.165) is 5.95 Å². The summed E-state index contributed by atoms with van der Waals surface area (Å²) in [5, 5.41) is 14.6. The average Bonchev–Trinajstić information content (AvgIpc) is 2.54. The summed E-state index contributed by atoms with van der Waals surface area (Å²) >= 11 is 0. The number of aromatic nitrogens is 4. The fourth-order valence-corrected chi connectivity index (χ4v) is 1.67. The predicted octanol–water partition coefficient (Wildman–Crippen LogP) is 1.45. The molecular weight excluding hydrogens is 178 g/mol. The molecule has 80 valence electrons. The molecule has 5 heteroatoms. The largest absolute Gasteiger partial charge is 0.350 e. The van der Waals surface area contributed by atoms with Crippen LogP contribution in [-0.4, -0.2) is 26.2 Å². The van der Waals surface area contributed by atoms with Crippen molar-refractivity contribution in [3.05, 3.63) is 0 Å². The van der Waals surface area contributed by atoms with Gasteiger partial charge in [0, 0.05) is 13.1 Å². The van der Waals surface area contributed by atoms with Gasteiger partial charge in [-0.15, -0.1) is 0 Å². The van der Waals surface area contributed by atoms with Gasteiger partial charge in [0.25, 0.3) is 0 Å². The third-order valence-corrected chi connectivity index (χ3v) is 2.73. The Morgan fingerprint density at radius 2 is 2.00 bits per heavy atom. The van der Waals surface area contributed by atoms with Gasteiger partial charge in [0.1, 0.15) is 0 Å². The molecule has 0 aliphatic rings. The van der Waals surface area contributed by atoms with Crippen LogP contribution in [0, 0.1) is 5.92 Å². The summed E-state index contributed by atoms with van der Waals surface area (Å²) in [6.07, 6.45) is 2.35. The fourth-order valence-electron chi connectivity index (χ4n) is 1.67. The maximum atomic E-state index is 3.90. The van der Waals surface area contributed by atoms with Crippen molar-refractivity contribution < 1.29 is 0 Å². The predicted molar refractivity (Wildman–Crippen MR) is 56.0 cm³/mol. The Kier molecular flexibility index (Phi) is 3.85. The quantitative estimate of drug-likeness (QED) is 0.776. The number of hydrogen-bond donors (Lipinski definition) is 1. The minimum absolute atomic E-state index is 0.412. The lowest BCUT2D eigenvalue weighted by Crippen LogP contribution is -2.26. The molecule has 1 aromatic heterocycles. The van der Waals surface area contributed by atoms with E-state index < -0.39 is 0 Å². The molecule has 0 aliphatic heterocycles. The summed E-state index contributed by atoms with van der Waals surface area (Å²) in [7, 11) is 1.84. The third-order valence-electron chi connectivity index (χ3n) is 2.73. The zero-order chi connectivity index (χ0) is 10.6. The number of nitrogens with zero attached hydrogens (tertiary/aromatic N) is 4. The fraction of sp³-hybridized carbons (Fsp3) is 0.889. The molecule has 0 saturated carbocycles. The van der Waals surface area contributed by atoms with Crippen molar-refractivity contribution in [2.75, 3.05) is 5.32 Å². The number of hydrogen-bond acceptors (Lipinski definition) is 4. The van der Waals surface area contributed by atoms with Gasteiger partial charge in [-0.05, 0) is 23.3 Å². The van der Waals surface area contributed by atoms with Crippen LogP contribution in [0.1, 0.15) is 33.6 Å². The number of aryl methyl sites for hydroxylation is 1. The van der Waals surface area contributed by atoms with Gasteiger partial charge >= 0.3 is 0 Å². The summed E-state index contributed by atoms with van der Waals surface area (Å²) in [5.74, 6) is 1.41. The lowest BCUT2D eigenvalue weighted by Gasteiger charge is -2.22. The second-order valence-corrected chi connectivity index (χ2v) is 3.64. The molecule has 0 amide bonds. The first-order chi connectivity index (χ1) is 6.69. The first-order valence-electron chi connectivity index (χ1n) is 5.17. The average molecular weight is 197 g/mol. The van der Waals surface area contributed by atoms with Crippen LogP contribution in [0.2, 0.25) is 0 Å². The van der Waals surface area contributed by atoms with Crippen LogP contribution in [0.5, 0.6) is 0 Å². The second kappa shape index (κ2) is 4.93. The molecule has 0 saturated heterocycles. The van der Waals surface area contributed by atoms with Crippen molar-refractivity contribution in [1.29, 1.82) is 0 Å². The highest BCUT2D eigenvalue weighted by atomic mass is 15.6. The maximum absolute atomic E-state index is 3.90. The molecule has 1 N–H and O–H groups in total. The number of tetrazole rings is 1. The topological polar surface area (TPSA) is 55.6 Å². The van der Waals surface area contributed by atoms with E-state index in [4.69, 9.17) is 0 Å². The van der Waals surface area contributed by atoms with E-state index >= 15 is 0 Å². The molecule has 1 aromatic rings. The van der Waals surface area contributed by atoms with Crippen LogP contribution in [0.4, 0.5) is 5.95 Å². The van der Waals surface area contributed by atoms with Crippen LogP contribution >= 0.6 is 0 Å². The molecule has 5 nitrogen and oxygen atoms in total. The van der Waals surface area contributed by atoms with Gasteiger partial charge in [-0.25, -0.2) is 4.68 Å². The zero-order valence-electron chi connectivity index (χ0n) is 9.36. The molecule has 1 unspecified atom stereocenters.